The molecule has 3 fully saturated rings. The summed E-state index contributed by atoms with van der Waals surface area (Å²) < 4.78 is 1.04. The van der Waals surface area contributed by atoms with E-state index in [1.807, 2.05) is 6.07 Å². The molecule has 1 unspecified atom stereocenters. The SMILES string of the molecule is CC(C1CCC(NC(=O)c2cnc3nc(C4CC4)sc3c2)CC1)C1CC1. The smallest absolute Gasteiger partial charge is 0.253 e. The average molecular weight is 370 g/mol. The molecule has 1 atom stereocenters. The largest absolute Gasteiger partial charge is 0.349 e. The minimum absolute atomic E-state index is 0.0273. The summed E-state index contributed by atoms with van der Waals surface area (Å²) in [6.45, 7) is 2.44. The number of fused-ring (bicyclic) bond motifs is 1. The highest BCUT2D eigenvalue weighted by Crippen LogP contribution is 2.45. The topological polar surface area (TPSA) is 54.9 Å². The van der Waals surface area contributed by atoms with Crippen LogP contribution in [0.2, 0.25) is 0 Å². The van der Waals surface area contributed by atoms with Gasteiger partial charge in [-0.3, -0.25) is 4.79 Å². The third kappa shape index (κ3) is 3.38. The molecular formula is C21H27N3OS. The highest BCUT2D eigenvalue weighted by molar-refractivity contribution is 7.18. The molecule has 0 radical (unpaired) electrons. The van der Waals surface area contributed by atoms with Gasteiger partial charge in [0.1, 0.15) is 0 Å². The van der Waals surface area contributed by atoms with Crippen molar-refractivity contribution in [2.75, 3.05) is 0 Å². The molecule has 1 N–H and O–H groups in total. The van der Waals surface area contributed by atoms with E-state index in [0.717, 1.165) is 40.9 Å². The zero-order valence-electron chi connectivity index (χ0n) is 15.4. The summed E-state index contributed by atoms with van der Waals surface area (Å²) in [5.41, 5.74) is 1.47. The zero-order valence-corrected chi connectivity index (χ0v) is 16.2. The predicted molar refractivity (Wildman–Crippen MR) is 104 cm³/mol. The van der Waals surface area contributed by atoms with Crippen molar-refractivity contribution in [1.29, 1.82) is 0 Å². The summed E-state index contributed by atoms with van der Waals surface area (Å²) >= 11 is 1.70. The van der Waals surface area contributed by atoms with Crippen LogP contribution >= 0.6 is 11.3 Å². The van der Waals surface area contributed by atoms with Crippen LogP contribution in [0, 0.1) is 17.8 Å². The first-order valence-corrected chi connectivity index (χ1v) is 11.1. The first-order valence-electron chi connectivity index (χ1n) is 10.2. The van der Waals surface area contributed by atoms with Crippen molar-refractivity contribution in [2.24, 2.45) is 17.8 Å². The summed E-state index contributed by atoms with van der Waals surface area (Å²) in [5, 5.41) is 4.44. The van der Waals surface area contributed by atoms with Crippen LogP contribution in [0.15, 0.2) is 12.3 Å². The molecule has 4 nitrogen and oxygen atoms in total. The fraction of sp³-hybridized carbons (Fsp3) is 0.667. The molecule has 0 saturated heterocycles. The number of hydrogen-bond donors (Lipinski definition) is 1. The van der Waals surface area contributed by atoms with Crippen molar-refractivity contribution in [3.63, 3.8) is 0 Å². The van der Waals surface area contributed by atoms with Crippen molar-refractivity contribution in [3.05, 3.63) is 22.8 Å². The molecule has 26 heavy (non-hydrogen) atoms. The molecule has 0 aliphatic heterocycles. The van der Waals surface area contributed by atoms with Gasteiger partial charge in [0.05, 0.1) is 15.3 Å². The van der Waals surface area contributed by atoms with E-state index in [0.29, 0.717) is 17.5 Å². The van der Waals surface area contributed by atoms with Gasteiger partial charge >= 0.3 is 0 Å². The predicted octanol–water partition coefficient (Wildman–Crippen LogP) is 4.90. The van der Waals surface area contributed by atoms with Crippen LogP contribution < -0.4 is 5.32 Å². The Kier molecular flexibility index (Phi) is 4.23. The Labute approximate surface area is 158 Å². The number of hydrogen-bond acceptors (Lipinski definition) is 4. The van der Waals surface area contributed by atoms with Gasteiger partial charge in [0, 0.05) is 18.2 Å². The first-order chi connectivity index (χ1) is 12.7. The molecule has 0 spiro atoms. The number of carbonyl (C=O) groups is 1. The van der Waals surface area contributed by atoms with Crippen molar-refractivity contribution in [2.45, 2.75) is 70.3 Å². The second-order valence-electron chi connectivity index (χ2n) is 8.65. The minimum atomic E-state index is 0.0273. The van der Waals surface area contributed by atoms with Crippen LogP contribution in [-0.2, 0) is 0 Å². The number of aromatic nitrogens is 2. The van der Waals surface area contributed by atoms with Crippen LogP contribution in [0.25, 0.3) is 10.3 Å². The summed E-state index contributed by atoms with van der Waals surface area (Å²) in [5.74, 6) is 3.40. The van der Waals surface area contributed by atoms with Crippen LogP contribution in [0.5, 0.6) is 0 Å². The summed E-state index contributed by atoms with van der Waals surface area (Å²) in [6, 6.07) is 2.30. The Hall–Kier alpha value is -1.49. The molecule has 5 heteroatoms. The number of carbonyl (C=O) groups excluding carboxylic acids is 1. The minimum Gasteiger partial charge on any atom is -0.349 e. The van der Waals surface area contributed by atoms with E-state index in [-0.39, 0.29) is 5.91 Å². The maximum atomic E-state index is 12.7. The lowest BCUT2D eigenvalue weighted by Crippen LogP contribution is -2.38. The normalized spacial score (nSPS) is 27.4. The van der Waals surface area contributed by atoms with Crippen LogP contribution in [0.4, 0.5) is 0 Å². The van der Waals surface area contributed by atoms with Crippen molar-refractivity contribution >= 4 is 27.6 Å². The molecule has 3 aliphatic rings. The Balaban J connectivity index is 1.20. The molecule has 1 amide bonds. The van der Waals surface area contributed by atoms with E-state index in [9.17, 15) is 4.79 Å². The number of nitrogens with zero attached hydrogens (tertiary/aromatic N) is 2. The Morgan fingerprint density at radius 2 is 1.81 bits per heavy atom. The third-order valence-electron chi connectivity index (χ3n) is 6.67. The van der Waals surface area contributed by atoms with E-state index in [1.54, 1.807) is 17.5 Å². The van der Waals surface area contributed by atoms with E-state index in [4.69, 9.17) is 0 Å². The summed E-state index contributed by atoms with van der Waals surface area (Å²) in [7, 11) is 0. The monoisotopic (exact) mass is 369 g/mol. The highest BCUT2D eigenvalue weighted by atomic mass is 32.1. The average Bonchev–Trinajstić information content (AvgIpc) is 3.57. The van der Waals surface area contributed by atoms with Gasteiger partial charge in [-0.05, 0) is 75.2 Å². The molecule has 2 aromatic heterocycles. The fourth-order valence-electron chi connectivity index (χ4n) is 4.53. The van der Waals surface area contributed by atoms with Crippen molar-refractivity contribution in [3.8, 4) is 0 Å². The van der Waals surface area contributed by atoms with Gasteiger partial charge in [-0.15, -0.1) is 11.3 Å². The number of thiazole rings is 1. The van der Waals surface area contributed by atoms with Gasteiger partial charge in [0.2, 0.25) is 0 Å². The van der Waals surface area contributed by atoms with Crippen LogP contribution in [0.3, 0.4) is 0 Å². The van der Waals surface area contributed by atoms with Gasteiger partial charge in [0.15, 0.2) is 5.65 Å². The quantitative estimate of drug-likeness (QED) is 0.815. The third-order valence-corrected chi connectivity index (χ3v) is 7.82. The maximum Gasteiger partial charge on any atom is 0.253 e. The van der Waals surface area contributed by atoms with E-state index < -0.39 is 0 Å². The molecule has 2 heterocycles. The van der Waals surface area contributed by atoms with Gasteiger partial charge in [-0.1, -0.05) is 6.92 Å². The first kappa shape index (κ1) is 16.7. The molecule has 2 aromatic rings. The lowest BCUT2D eigenvalue weighted by atomic mass is 9.77. The van der Waals surface area contributed by atoms with Crippen molar-refractivity contribution < 1.29 is 4.79 Å². The molecule has 0 aromatic carbocycles. The second kappa shape index (κ2) is 6.59. The van der Waals surface area contributed by atoms with Gasteiger partial charge < -0.3 is 5.32 Å². The van der Waals surface area contributed by atoms with Crippen LogP contribution in [0.1, 0.15) is 79.6 Å². The second-order valence-corrected chi connectivity index (χ2v) is 9.72. The Morgan fingerprint density at radius 3 is 2.46 bits per heavy atom. The standard InChI is InChI=1S/C21H27N3OS/c1-12(13-2-3-13)14-6-8-17(9-7-14)23-20(25)16-10-18-19(22-11-16)24-21(26-18)15-4-5-15/h10-15,17H,2-9H2,1H3,(H,23,25). The van der Waals surface area contributed by atoms with E-state index >= 15 is 0 Å². The molecule has 0 bridgehead atoms. The molecule has 5 rings (SSSR count). The van der Waals surface area contributed by atoms with E-state index in [1.165, 1.54) is 43.5 Å². The Morgan fingerprint density at radius 1 is 1.12 bits per heavy atom. The van der Waals surface area contributed by atoms with Gasteiger partial charge in [0.25, 0.3) is 5.91 Å². The van der Waals surface area contributed by atoms with Gasteiger partial charge in [-0.2, -0.15) is 0 Å². The lowest BCUT2D eigenvalue weighted by Gasteiger charge is -2.32. The maximum absolute atomic E-state index is 12.7. The summed E-state index contributed by atoms with van der Waals surface area (Å²) in [4.78, 5) is 21.7. The Bertz CT molecular complexity index is 816. The highest BCUT2D eigenvalue weighted by Gasteiger charge is 2.35. The van der Waals surface area contributed by atoms with Crippen LogP contribution in [-0.4, -0.2) is 21.9 Å². The molecular weight excluding hydrogens is 342 g/mol. The lowest BCUT2D eigenvalue weighted by molar-refractivity contribution is 0.0914. The van der Waals surface area contributed by atoms with Gasteiger partial charge in [-0.25, -0.2) is 9.97 Å². The summed E-state index contributed by atoms with van der Waals surface area (Å²) in [6.07, 6.45) is 11.8. The molecule has 3 saturated carbocycles. The zero-order chi connectivity index (χ0) is 17.7. The van der Waals surface area contributed by atoms with E-state index in [2.05, 4.69) is 22.2 Å². The number of pyridine rings is 1. The molecule has 3 aliphatic carbocycles. The fourth-order valence-corrected chi connectivity index (χ4v) is 5.67. The number of nitrogens with one attached hydrogen (secondary N) is 1. The number of rotatable bonds is 5. The molecule has 138 valence electrons. The number of amides is 1. The van der Waals surface area contributed by atoms with Crippen molar-refractivity contribution in [1.82, 2.24) is 15.3 Å².